The zero-order valence-electron chi connectivity index (χ0n) is 23.1. The quantitative estimate of drug-likeness (QED) is 0.210. The van der Waals surface area contributed by atoms with Gasteiger partial charge in [-0.1, -0.05) is 84.9 Å². The molecule has 0 saturated carbocycles. The number of hydrogen-bond donors (Lipinski definition) is 3. The van der Waals surface area contributed by atoms with Crippen LogP contribution >= 0.6 is 0 Å². The number of primary sulfonamides is 1. The van der Waals surface area contributed by atoms with E-state index in [0.29, 0.717) is 51.0 Å². The van der Waals surface area contributed by atoms with Crippen molar-refractivity contribution in [3.63, 3.8) is 0 Å². The molecule has 4 aromatic carbocycles. The Kier molecular flexibility index (Phi) is 5.99. The van der Waals surface area contributed by atoms with Crippen molar-refractivity contribution < 1.29 is 27.0 Å². The van der Waals surface area contributed by atoms with Crippen molar-refractivity contribution in [2.45, 2.75) is 4.90 Å². The average Bonchev–Trinajstić information content (AvgIpc) is 3.76. The van der Waals surface area contributed by atoms with Crippen molar-refractivity contribution >= 4 is 54.2 Å². The number of nitrogens with zero attached hydrogens (tertiary/aromatic N) is 6. The molecule has 11 nitrogen and oxygen atoms in total. The standard InChI is InChI=1S/C32H19N9O2S.V/c33-44(42,43)23-15-7-14-22-24(23)32-40-30-21-13-6-5-12-20(21)28(38-30)36-26-17-9-2-1-8-16(17)25(34-26)35-27-18-10-3-4-11-19(18)29(37-27)39-31(22)41-32;/h1-15H,(H2,33,42,43)(H2,34,35,36,37,38,39,40,41);. The van der Waals surface area contributed by atoms with Gasteiger partial charge in [0.15, 0.2) is 23.3 Å². The summed E-state index contributed by atoms with van der Waals surface area (Å²) in [4.78, 5) is 35.9. The number of aromatic amines is 2. The molecule has 2 aliphatic rings. The minimum absolute atomic E-state index is 0. The van der Waals surface area contributed by atoms with Crippen LogP contribution in [-0.4, -0.2) is 48.3 Å². The van der Waals surface area contributed by atoms with Crippen LogP contribution in [0.15, 0.2) is 95.9 Å². The summed E-state index contributed by atoms with van der Waals surface area (Å²) in [5.74, 6) is 1.72. The summed E-state index contributed by atoms with van der Waals surface area (Å²) in [6.45, 7) is 0. The minimum atomic E-state index is -4.12. The third-order valence-electron chi connectivity index (χ3n) is 7.85. The summed E-state index contributed by atoms with van der Waals surface area (Å²) in [6, 6.07) is 28.0. The van der Waals surface area contributed by atoms with Crippen LogP contribution in [0.3, 0.4) is 0 Å². The fourth-order valence-corrected chi connectivity index (χ4v) is 6.65. The van der Waals surface area contributed by atoms with Gasteiger partial charge in [-0.2, -0.15) is 0 Å². The second-order valence-corrected chi connectivity index (χ2v) is 12.0. The molecule has 215 valence electrons. The molecule has 45 heavy (non-hydrogen) atoms. The van der Waals surface area contributed by atoms with Gasteiger partial charge in [0.05, 0.1) is 4.90 Å². The Morgan fingerprint density at radius 1 is 0.467 bits per heavy atom. The van der Waals surface area contributed by atoms with Crippen LogP contribution < -0.4 is 5.14 Å². The first-order chi connectivity index (χ1) is 21.4. The van der Waals surface area contributed by atoms with Crippen molar-refractivity contribution in [2.75, 3.05) is 0 Å². The van der Waals surface area contributed by atoms with Crippen molar-refractivity contribution in [2.24, 2.45) is 5.14 Å². The number of aromatic nitrogens is 8. The van der Waals surface area contributed by atoms with E-state index < -0.39 is 10.0 Å². The maximum absolute atomic E-state index is 12.7. The van der Waals surface area contributed by atoms with E-state index in [4.69, 9.17) is 35.0 Å². The topological polar surface area (TPSA) is 169 Å². The van der Waals surface area contributed by atoms with Gasteiger partial charge >= 0.3 is 0 Å². The van der Waals surface area contributed by atoms with Crippen LogP contribution in [0.4, 0.5) is 0 Å². The van der Waals surface area contributed by atoms with E-state index in [1.807, 2.05) is 72.8 Å². The van der Waals surface area contributed by atoms with Gasteiger partial charge in [-0.05, 0) is 6.07 Å². The number of benzene rings is 4. The second kappa shape index (κ2) is 9.87. The van der Waals surface area contributed by atoms with Gasteiger partial charge in [-0.3, -0.25) is 0 Å². The van der Waals surface area contributed by atoms with E-state index in [0.717, 1.165) is 33.0 Å². The van der Waals surface area contributed by atoms with E-state index >= 15 is 0 Å². The number of nitrogens with one attached hydrogen (secondary N) is 2. The average molecular weight is 645 g/mol. The summed E-state index contributed by atoms with van der Waals surface area (Å²) >= 11 is 0. The van der Waals surface area contributed by atoms with E-state index in [9.17, 15) is 8.42 Å². The van der Waals surface area contributed by atoms with Crippen LogP contribution in [0.2, 0.25) is 0 Å². The number of hydrogen-bond acceptors (Lipinski definition) is 8. The molecule has 8 bridgehead atoms. The molecule has 0 aliphatic carbocycles. The van der Waals surface area contributed by atoms with Gasteiger partial charge in [0, 0.05) is 62.4 Å². The summed E-state index contributed by atoms with van der Waals surface area (Å²) < 4.78 is 25.5. The van der Waals surface area contributed by atoms with Gasteiger partial charge in [0.25, 0.3) is 0 Å². The molecule has 3 aromatic heterocycles. The van der Waals surface area contributed by atoms with Crippen LogP contribution in [0.1, 0.15) is 0 Å². The predicted octanol–water partition coefficient (Wildman–Crippen LogP) is 5.51. The van der Waals surface area contributed by atoms with Gasteiger partial charge in [0.2, 0.25) is 10.0 Å². The van der Waals surface area contributed by atoms with Crippen molar-refractivity contribution in [3.05, 3.63) is 91.0 Å². The van der Waals surface area contributed by atoms with Gasteiger partial charge in [-0.25, -0.2) is 43.5 Å². The SMILES string of the molecule is NS(=O)(=O)c1cccc2c3nc4nc(nc5[nH]c(nc6nc(nc([nH]3)c12)-c1ccccc1-6)c1ccccc51)-c1ccccc1-4.[V]. The van der Waals surface area contributed by atoms with E-state index in [1.54, 1.807) is 12.1 Å². The van der Waals surface area contributed by atoms with Crippen LogP contribution in [-0.2, 0) is 28.6 Å². The zero-order valence-corrected chi connectivity index (χ0v) is 25.3. The van der Waals surface area contributed by atoms with Crippen LogP contribution in [0.25, 0.3) is 89.7 Å². The zero-order chi connectivity index (χ0) is 29.6. The van der Waals surface area contributed by atoms with Gasteiger partial charge in [-0.15, -0.1) is 0 Å². The third-order valence-corrected chi connectivity index (χ3v) is 8.80. The molecule has 0 unspecified atom stereocenters. The van der Waals surface area contributed by atoms with Crippen LogP contribution in [0.5, 0.6) is 0 Å². The maximum atomic E-state index is 12.7. The first-order valence-corrected chi connectivity index (χ1v) is 15.2. The first-order valence-electron chi connectivity index (χ1n) is 13.7. The molecule has 0 atom stereocenters. The maximum Gasteiger partial charge on any atom is 0.238 e. The molecule has 0 spiro atoms. The molecule has 9 rings (SSSR count). The fraction of sp³-hybridized carbons (Fsp3) is 0. The second-order valence-electron chi connectivity index (χ2n) is 10.5. The summed E-state index contributed by atoms with van der Waals surface area (Å²) in [6.07, 6.45) is 0. The molecule has 0 fully saturated rings. The third kappa shape index (κ3) is 4.19. The predicted molar refractivity (Wildman–Crippen MR) is 167 cm³/mol. The van der Waals surface area contributed by atoms with E-state index in [-0.39, 0.29) is 29.1 Å². The molecule has 4 N–H and O–H groups in total. The largest absolute Gasteiger partial charge is 0.324 e. The first kappa shape index (κ1) is 27.3. The molecular weight excluding hydrogens is 625 g/mol. The number of sulfonamides is 1. The fourth-order valence-electron chi connectivity index (χ4n) is 5.90. The Morgan fingerprint density at radius 2 is 0.844 bits per heavy atom. The Bertz CT molecular complexity index is 2660. The molecule has 13 heteroatoms. The Morgan fingerprint density at radius 3 is 1.31 bits per heavy atom. The van der Waals surface area contributed by atoms with E-state index in [2.05, 4.69) is 9.97 Å². The monoisotopic (exact) mass is 644 g/mol. The summed E-state index contributed by atoms with van der Waals surface area (Å²) in [5, 5.41) is 8.26. The number of H-pyrrole nitrogens is 2. The molecule has 7 aromatic rings. The summed E-state index contributed by atoms with van der Waals surface area (Å²) in [7, 11) is -4.12. The number of rotatable bonds is 1. The van der Waals surface area contributed by atoms with Crippen molar-refractivity contribution in [1.29, 1.82) is 0 Å². The van der Waals surface area contributed by atoms with Crippen molar-refractivity contribution in [3.8, 4) is 45.6 Å². The van der Waals surface area contributed by atoms with Crippen LogP contribution in [0, 0.1) is 0 Å². The molecule has 5 heterocycles. The molecular formula is C32H19N9O2SV. The summed E-state index contributed by atoms with van der Waals surface area (Å²) in [5.41, 5.74) is 4.95. The number of fused-ring (bicyclic) bond motifs is 20. The Balaban J connectivity index is 0.00000300. The minimum Gasteiger partial charge on any atom is -0.324 e. The van der Waals surface area contributed by atoms with Gasteiger partial charge in [0.1, 0.15) is 22.6 Å². The molecule has 0 amide bonds. The van der Waals surface area contributed by atoms with Crippen molar-refractivity contribution in [1.82, 2.24) is 39.9 Å². The van der Waals surface area contributed by atoms with Gasteiger partial charge < -0.3 is 9.97 Å². The molecule has 0 saturated heterocycles. The van der Waals surface area contributed by atoms with E-state index in [1.165, 1.54) is 6.07 Å². The Labute approximate surface area is 266 Å². The smallest absolute Gasteiger partial charge is 0.238 e. The Hall–Kier alpha value is -5.27. The number of nitrogens with two attached hydrogens (primary N) is 1. The normalized spacial score (nSPS) is 12.1. The molecule has 2 aliphatic heterocycles. The molecule has 1 radical (unpaired) electrons.